The lowest BCUT2D eigenvalue weighted by atomic mass is 10.00. The molecule has 90 valence electrons. The molecule has 0 unspecified atom stereocenters. The Labute approximate surface area is 97.3 Å². The van der Waals surface area contributed by atoms with Crippen LogP contribution >= 0.6 is 0 Å². The topological polar surface area (TPSA) is 29.3 Å². The van der Waals surface area contributed by atoms with Crippen LogP contribution in [0.3, 0.4) is 0 Å². The number of nitrogens with zero attached hydrogens (tertiary/aromatic N) is 1. The zero-order valence-electron chi connectivity index (χ0n) is 10.3. The summed E-state index contributed by atoms with van der Waals surface area (Å²) in [7, 11) is 1.97. The van der Waals surface area contributed by atoms with E-state index in [1.54, 1.807) is 12.1 Å². The summed E-state index contributed by atoms with van der Waals surface area (Å²) in [6, 6.07) is 6.65. The van der Waals surface area contributed by atoms with Gasteiger partial charge in [-0.15, -0.1) is 0 Å². The molecular formula is C13H21FN2. The molecule has 0 heterocycles. The van der Waals surface area contributed by atoms with E-state index in [0.717, 1.165) is 25.1 Å². The highest BCUT2D eigenvalue weighted by atomic mass is 19.1. The lowest BCUT2D eigenvalue weighted by molar-refractivity contribution is 0.460. The van der Waals surface area contributed by atoms with Gasteiger partial charge in [-0.2, -0.15) is 0 Å². The minimum Gasteiger partial charge on any atom is -0.375 e. The molecule has 0 spiro atoms. The maximum Gasteiger partial charge on any atom is 0.125 e. The average Bonchev–Trinajstić information content (AvgIpc) is 2.15. The molecule has 0 saturated carbocycles. The molecule has 2 nitrogen and oxygen atoms in total. The highest BCUT2D eigenvalue weighted by Gasteiger charge is 2.10. The molecule has 0 bridgehead atoms. The van der Waals surface area contributed by atoms with Gasteiger partial charge in [0.05, 0.1) is 0 Å². The maximum absolute atomic E-state index is 13.0. The van der Waals surface area contributed by atoms with Crippen LogP contribution in [0, 0.1) is 5.82 Å². The Balaban J connectivity index is 2.44. The third kappa shape index (κ3) is 4.62. The monoisotopic (exact) mass is 224 g/mol. The van der Waals surface area contributed by atoms with Crippen molar-refractivity contribution in [2.75, 3.05) is 18.5 Å². The Bertz CT molecular complexity index is 331. The molecule has 1 aromatic rings. The standard InChI is InChI=1S/C13H21FN2/c1-13(2,15)8-5-9-16(3)12-7-4-6-11(14)10-12/h4,6-7,10H,5,8-9,15H2,1-3H3. The molecule has 3 heteroatoms. The molecule has 1 aromatic carbocycles. The number of halogens is 1. The Morgan fingerprint density at radius 3 is 2.62 bits per heavy atom. The fraction of sp³-hybridized carbons (Fsp3) is 0.538. The van der Waals surface area contributed by atoms with Crippen LogP contribution in [0.25, 0.3) is 0 Å². The minimum absolute atomic E-state index is 0.122. The fourth-order valence-electron chi connectivity index (χ4n) is 1.61. The zero-order valence-corrected chi connectivity index (χ0v) is 10.3. The van der Waals surface area contributed by atoms with Crippen molar-refractivity contribution in [3.63, 3.8) is 0 Å². The minimum atomic E-state index is -0.191. The highest BCUT2D eigenvalue weighted by molar-refractivity contribution is 5.45. The molecule has 0 aromatic heterocycles. The van der Waals surface area contributed by atoms with Crippen molar-refractivity contribution in [2.45, 2.75) is 32.2 Å². The van der Waals surface area contributed by atoms with Crippen LogP contribution in [-0.2, 0) is 0 Å². The summed E-state index contributed by atoms with van der Waals surface area (Å²) in [6.45, 7) is 4.94. The molecule has 0 fully saturated rings. The Morgan fingerprint density at radius 1 is 1.38 bits per heavy atom. The quantitative estimate of drug-likeness (QED) is 0.833. The van der Waals surface area contributed by atoms with Crippen molar-refractivity contribution in [2.24, 2.45) is 5.73 Å². The van der Waals surface area contributed by atoms with Gasteiger partial charge < -0.3 is 10.6 Å². The van der Waals surface area contributed by atoms with Gasteiger partial charge in [-0.05, 0) is 44.9 Å². The van der Waals surface area contributed by atoms with E-state index in [0.29, 0.717) is 0 Å². The molecule has 0 saturated heterocycles. The Hall–Kier alpha value is -1.09. The molecule has 0 radical (unpaired) electrons. The predicted octanol–water partition coefficient (Wildman–Crippen LogP) is 2.78. The number of rotatable bonds is 5. The van der Waals surface area contributed by atoms with Gasteiger partial charge in [-0.3, -0.25) is 0 Å². The molecule has 0 atom stereocenters. The fourth-order valence-corrected chi connectivity index (χ4v) is 1.61. The molecule has 1 rings (SSSR count). The molecule has 0 amide bonds. The first kappa shape index (κ1) is 13.0. The van der Waals surface area contributed by atoms with Crippen LogP contribution in [0.1, 0.15) is 26.7 Å². The van der Waals surface area contributed by atoms with Crippen LogP contribution in [-0.4, -0.2) is 19.1 Å². The summed E-state index contributed by atoms with van der Waals surface area (Å²) in [4.78, 5) is 2.05. The van der Waals surface area contributed by atoms with Crippen molar-refractivity contribution >= 4 is 5.69 Å². The number of benzene rings is 1. The Morgan fingerprint density at radius 2 is 2.06 bits per heavy atom. The van der Waals surface area contributed by atoms with E-state index in [2.05, 4.69) is 4.90 Å². The third-order valence-electron chi connectivity index (χ3n) is 2.56. The van der Waals surface area contributed by atoms with Crippen molar-refractivity contribution in [1.82, 2.24) is 0 Å². The summed E-state index contributed by atoms with van der Waals surface area (Å²) < 4.78 is 13.0. The van der Waals surface area contributed by atoms with Gasteiger partial charge in [0.1, 0.15) is 5.82 Å². The van der Waals surface area contributed by atoms with Gasteiger partial charge >= 0.3 is 0 Å². The van der Waals surface area contributed by atoms with Gasteiger partial charge in [0.25, 0.3) is 0 Å². The second-order valence-electron chi connectivity index (χ2n) is 4.99. The molecule has 0 aliphatic rings. The van der Waals surface area contributed by atoms with Crippen LogP contribution in [0.15, 0.2) is 24.3 Å². The summed E-state index contributed by atoms with van der Waals surface area (Å²) in [5.41, 5.74) is 6.70. The van der Waals surface area contributed by atoms with Crippen molar-refractivity contribution in [1.29, 1.82) is 0 Å². The van der Waals surface area contributed by atoms with Crippen molar-refractivity contribution < 1.29 is 4.39 Å². The smallest absolute Gasteiger partial charge is 0.125 e. The van der Waals surface area contributed by atoms with E-state index < -0.39 is 0 Å². The highest BCUT2D eigenvalue weighted by Crippen LogP contribution is 2.15. The third-order valence-corrected chi connectivity index (χ3v) is 2.56. The molecule has 0 aliphatic carbocycles. The maximum atomic E-state index is 13.0. The summed E-state index contributed by atoms with van der Waals surface area (Å²) in [5.74, 6) is -0.191. The first-order valence-electron chi connectivity index (χ1n) is 5.64. The van der Waals surface area contributed by atoms with E-state index >= 15 is 0 Å². The largest absolute Gasteiger partial charge is 0.375 e. The number of anilines is 1. The first-order valence-corrected chi connectivity index (χ1v) is 5.64. The average molecular weight is 224 g/mol. The van der Waals surface area contributed by atoms with E-state index in [4.69, 9.17) is 5.73 Å². The van der Waals surface area contributed by atoms with Gasteiger partial charge in [-0.1, -0.05) is 6.07 Å². The van der Waals surface area contributed by atoms with E-state index in [9.17, 15) is 4.39 Å². The molecule has 16 heavy (non-hydrogen) atoms. The lowest BCUT2D eigenvalue weighted by Crippen LogP contribution is -2.33. The van der Waals surface area contributed by atoms with Crippen molar-refractivity contribution in [3.8, 4) is 0 Å². The van der Waals surface area contributed by atoms with Crippen LogP contribution in [0.4, 0.5) is 10.1 Å². The normalized spacial score (nSPS) is 11.6. The summed E-state index contributed by atoms with van der Waals surface area (Å²) in [6.07, 6.45) is 1.98. The SMILES string of the molecule is CN(CCCC(C)(C)N)c1cccc(F)c1. The first-order chi connectivity index (χ1) is 7.38. The van der Waals surface area contributed by atoms with Gasteiger partial charge in [0.2, 0.25) is 0 Å². The predicted molar refractivity (Wildman–Crippen MR) is 67.2 cm³/mol. The molecular weight excluding hydrogens is 203 g/mol. The number of nitrogens with two attached hydrogens (primary N) is 1. The lowest BCUT2D eigenvalue weighted by Gasteiger charge is -2.23. The second-order valence-corrected chi connectivity index (χ2v) is 4.99. The van der Waals surface area contributed by atoms with Crippen LogP contribution in [0.2, 0.25) is 0 Å². The Kier molecular flexibility index (Phi) is 4.30. The van der Waals surface area contributed by atoms with Gasteiger partial charge in [0.15, 0.2) is 0 Å². The van der Waals surface area contributed by atoms with E-state index in [-0.39, 0.29) is 11.4 Å². The van der Waals surface area contributed by atoms with E-state index in [1.165, 1.54) is 6.07 Å². The number of hydrogen-bond donors (Lipinski definition) is 1. The molecule has 0 aliphatic heterocycles. The molecule has 2 N–H and O–H groups in total. The van der Waals surface area contributed by atoms with Gasteiger partial charge in [0, 0.05) is 24.8 Å². The summed E-state index contributed by atoms with van der Waals surface area (Å²) in [5, 5.41) is 0. The van der Waals surface area contributed by atoms with Crippen molar-refractivity contribution in [3.05, 3.63) is 30.1 Å². The van der Waals surface area contributed by atoms with Crippen LogP contribution in [0.5, 0.6) is 0 Å². The zero-order chi connectivity index (χ0) is 12.2. The van der Waals surface area contributed by atoms with Crippen LogP contribution < -0.4 is 10.6 Å². The number of hydrogen-bond acceptors (Lipinski definition) is 2. The second kappa shape index (κ2) is 5.30. The van der Waals surface area contributed by atoms with Gasteiger partial charge in [-0.25, -0.2) is 4.39 Å². The van der Waals surface area contributed by atoms with E-state index in [1.807, 2.05) is 27.0 Å². The summed E-state index contributed by atoms with van der Waals surface area (Å²) >= 11 is 0.